The van der Waals surface area contributed by atoms with Gasteiger partial charge in [-0.3, -0.25) is 25.0 Å². The predicted molar refractivity (Wildman–Crippen MR) is 115 cm³/mol. The van der Waals surface area contributed by atoms with Crippen LogP contribution in [-0.4, -0.2) is 28.5 Å². The summed E-state index contributed by atoms with van der Waals surface area (Å²) < 4.78 is 10.6. The molecule has 1 N–H and O–H groups in total. The van der Waals surface area contributed by atoms with Gasteiger partial charge in [0.1, 0.15) is 5.75 Å². The van der Waals surface area contributed by atoms with Crippen LogP contribution in [0.2, 0.25) is 0 Å². The number of carbonyl (C=O) groups is 1. The minimum absolute atomic E-state index is 0.0385. The van der Waals surface area contributed by atoms with Gasteiger partial charge in [-0.1, -0.05) is 32.9 Å². The van der Waals surface area contributed by atoms with Gasteiger partial charge in [-0.15, -0.1) is 0 Å². The van der Waals surface area contributed by atoms with Gasteiger partial charge in [0.15, 0.2) is 5.60 Å². The molecule has 2 rings (SSSR count). The lowest BCUT2D eigenvalue weighted by Gasteiger charge is -2.26. The molecular weight excluding hydrogens is 406 g/mol. The second-order valence-corrected chi connectivity index (χ2v) is 8.40. The highest BCUT2D eigenvalue weighted by Gasteiger charge is 2.33. The van der Waals surface area contributed by atoms with Gasteiger partial charge in [-0.05, 0) is 37.0 Å². The number of anilines is 1. The van der Waals surface area contributed by atoms with Crippen LogP contribution in [0.4, 0.5) is 17.1 Å². The van der Waals surface area contributed by atoms with Gasteiger partial charge >= 0.3 is 11.4 Å². The van der Waals surface area contributed by atoms with E-state index in [-0.39, 0.29) is 11.1 Å². The molecule has 0 aliphatic carbocycles. The summed E-state index contributed by atoms with van der Waals surface area (Å²) in [5.74, 6) is -0.677. The molecule has 0 fully saturated rings. The Morgan fingerprint density at radius 1 is 0.935 bits per heavy atom. The first kappa shape index (κ1) is 23.6. The SMILES string of the molecule is COc1c([N+](=O)[O-])cc(NC(=O)C(C)(C)Oc2ccc(C(C)(C)C)cc2)cc1[N+](=O)[O-]. The van der Waals surface area contributed by atoms with E-state index in [2.05, 4.69) is 26.1 Å². The van der Waals surface area contributed by atoms with Crippen molar-refractivity contribution in [1.29, 1.82) is 0 Å². The number of amides is 1. The lowest BCUT2D eigenvalue weighted by molar-refractivity contribution is -0.395. The van der Waals surface area contributed by atoms with Crippen molar-refractivity contribution >= 4 is 23.0 Å². The smallest absolute Gasteiger partial charge is 0.320 e. The summed E-state index contributed by atoms with van der Waals surface area (Å²) in [5.41, 5.74) is -1.70. The van der Waals surface area contributed by atoms with Crippen LogP contribution in [0, 0.1) is 20.2 Å². The van der Waals surface area contributed by atoms with E-state index in [9.17, 15) is 25.0 Å². The number of nitrogens with one attached hydrogen (secondary N) is 1. The second-order valence-electron chi connectivity index (χ2n) is 8.40. The molecule has 2 aromatic carbocycles. The maximum absolute atomic E-state index is 12.8. The van der Waals surface area contributed by atoms with E-state index in [0.717, 1.165) is 24.8 Å². The van der Waals surface area contributed by atoms with Gasteiger partial charge < -0.3 is 14.8 Å². The van der Waals surface area contributed by atoms with Crippen molar-refractivity contribution in [3.63, 3.8) is 0 Å². The number of rotatable bonds is 7. The Bertz CT molecular complexity index is 974. The highest BCUT2D eigenvalue weighted by Crippen LogP contribution is 2.39. The van der Waals surface area contributed by atoms with E-state index in [1.54, 1.807) is 12.1 Å². The third-order valence-electron chi connectivity index (χ3n) is 4.55. The van der Waals surface area contributed by atoms with E-state index in [1.807, 2.05) is 12.1 Å². The van der Waals surface area contributed by atoms with E-state index in [0.29, 0.717) is 5.75 Å². The number of carbonyl (C=O) groups excluding carboxylic acids is 1. The van der Waals surface area contributed by atoms with Crippen LogP contribution in [0.15, 0.2) is 36.4 Å². The van der Waals surface area contributed by atoms with E-state index in [4.69, 9.17) is 9.47 Å². The molecular formula is C21H25N3O7. The van der Waals surface area contributed by atoms with Gasteiger partial charge in [-0.25, -0.2) is 0 Å². The maximum atomic E-state index is 12.8. The molecule has 0 atom stereocenters. The van der Waals surface area contributed by atoms with Crippen LogP contribution in [-0.2, 0) is 10.2 Å². The number of hydrogen-bond acceptors (Lipinski definition) is 7. The molecule has 10 nitrogen and oxygen atoms in total. The van der Waals surface area contributed by atoms with Gasteiger partial charge in [0.2, 0.25) is 0 Å². The fourth-order valence-electron chi connectivity index (χ4n) is 2.80. The lowest BCUT2D eigenvalue weighted by atomic mass is 9.87. The average molecular weight is 431 g/mol. The number of methoxy groups -OCH3 is 1. The lowest BCUT2D eigenvalue weighted by Crippen LogP contribution is -2.42. The first-order valence-corrected chi connectivity index (χ1v) is 9.38. The third kappa shape index (κ3) is 5.47. The third-order valence-corrected chi connectivity index (χ3v) is 4.55. The molecule has 0 heterocycles. The number of nitro benzene ring substituents is 2. The Labute approximate surface area is 179 Å². The molecule has 0 aliphatic heterocycles. The molecule has 166 valence electrons. The molecule has 0 aliphatic rings. The molecule has 0 bridgehead atoms. The molecule has 10 heteroatoms. The van der Waals surface area contributed by atoms with Gasteiger partial charge in [0.05, 0.1) is 22.6 Å². The minimum atomic E-state index is -1.37. The normalized spacial score (nSPS) is 11.5. The van der Waals surface area contributed by atoms with E-state index < -0.39 is 38.5 Å². The Morgan fingerprint density at radius 2 is 1.42 bits per heavy atom. The largest absolute Gasteiger partial charge is 0.485 e. The average Bonchev–Trinajstić information content (AvgIpc) is 2.66. The van der Waals surface area contributed by atoms with Crippen LogP contribution in [0.3, 0.4) is 0 Å². The summed E-state index contributed by atoms with van der Waals surface area (Å²) in [5, 5.41) is 25.0. The number of nitrogens with zero attached hydrogens (tertiary/aromatic N) is 2. The van der Waals surface area contributed by atoms with Crippen molar-refractivity contribution < 1.29 is 24.1 Å². The molecule has 0 saturated carbocycles. The van der Waals surface area contributed by atoms with Crippen molar-refractivity contribution in [1.82, 2.24) is 0 Å². The van der Waals surface area contributed by atoms with Crippen molar-refractivity contribution in [3.05, 3.63) is 62.2 Å². The molecule has 1 amide bonds. The zero-order valence-electron chi connectivity index (χ0n) is 18.2. The fourth-order valence-corrected chi connectivity index (χ4v) is 2.80. The number of benzene rings is 2. The predicted octanol–water partition coefficient (Wildman–Crippen LogP) is 4.61. The van der Waals surface area contributed by atoms with Crippen LogP contribution >= 0.6 is 0 Å². The Morgan fingerprint density at radius 3 is 1.81 bits per heavy atom. The molecule has 2 aromatic rings. The number of hydrogen-bond donors (Lipinski definition) is 1. The Hall–Kier alpha value is -3.69. The Balaban J connectivity index is 2.28. The highest BCUT2D eigenvalue weighted by molar-refractivity contribution is 5.97. The molecule has 0 saturated heterocycles. The summed E-state index contributed by atoms with van der Waals surface area (Å²) in [6.45, 7) is 9.27. The minimum Gasteiger partial charge on any atom is -0.485 e. The summed E-state index contributed by atoms with van der Waals surface area (Å²) in [6, 6.07) is 9.30. The molecule has 0 unspecified atom stereocenters. The monoisotopic (exact) mass is 431 g/mol. The van der Waals surface area contributed by atoms with E-state index >= 15 is 0 Å². The summed E-state index contributed by atoms with van der Waals surface area (Å²) in [4.78, 5) is 33.7. The summed E-state index contributed by atoms with van der Waals surface area (Å²) in [6.07, 6.45) is 0. The standard InChI is InChI=1S/C21H25N3O7/c1-20(2,3)13-7-9-15(10-8-13)31-21(4,5)19(25)22-14-11-16(23(26)27)18(30-6)17(12-14)24(28)29/h7-12H,1-6H3,(H,22,25). The van der Waals surface area contributed by atoms with Crippen LogP contribution < -0.4 is 14.8 Å². The first-order chi connectivity index (χ1) is 14.3. The van der Waals surface area contributed by atoms with Gasteiger partial charge in [-0.2, -0.15) is 0 Å². The maximum Gasteiger partial charge on any atom is 0.320 e. The second kappa shape index (κ2) is 8.58. The zero-order valence-corrected chi connectivity index (χ0v) is 18.2. The quantitative estimate of drug-likeness (QED) is 0.500. The number of ether oxygens (including phenoxy) is 2. The zero-order chi connectivity index (χ0) is 23.6. The summed E-state index contributed by atoms with van der Waals surface area (Å²) >= 11 is 0. The van der Waals surface area contributed by atoms with E-state index in [1.165, 1.54) is 13.8 Å². The molecule has 31 heavy (non-hydrogen) atoms. The number of nitro groups is 2. The van der Waals surface area contributed by atoms with Crippen LogP contribution in [0.5, 0.6) is 11.5 Å². The van der Waals surface area contributed by atoms with Crippen LogP contribution in [0.25, 0.3) is 0 Å². The molecule has 0 spiro atoms. The van der Waals surface area contributed by atoms with Crippen molar-refractivity contribution in [2.75, 3.05) is 12.4 Å². The van der Waals surface area contributed by atoms with Gasteiger partial charge in [0.25, 0.3) is 11.7 Å². The van der Waals surface area contributed by atoms with Gasteiger partial charge in [0, 0.05) is 12.1 Å². The fraction of sp³-hybridized carbons (Fsp3) is 0.381. The highest BCUT2D eigenvalue weighted by atomic mass is 16.6. The Kier molecular flexibility index (Phi) is 6.53. The first-order valence-electron chi connectivity index (χ1n) is 9.38. The van der Waals surface area contributed by atoms with Crippen LogP contribution in [0.1, 0.15) is 40.2 Å². The van der Waals surface area contributed by atoms with Crippen molar-refractivity contribution in [2.24, 2.45) is 0 Å². The summed E-state index contributed by atoms with van der Waals surface area (Å²) in [7, 11) is 1.09. The molecule has 0 radical (unpaired) electrons. The topological polar surface area (TPSA) is 134 Å². The van der Waals surface area contributed by atoms with Crippen molar-refractivity contribution in [3.8, 4) is 11.5 Å². The molecule has 0 aromatic heterocycles. The van der Waals surface area contributed by atoms with Crippen molar-refractivity contribution in [2.45, 2.75) is 45.6 Å².